The molecule has 3 amide bonds. The number of carbonyl (C=O) groups is 3. The summed E-state index contributed by atoms with van der Waals surface area (Å²) in [5.74, 6) is 0.291. The van der Waals surface area contributed by atoms with Gasteiger partial charge < -0.3 is 19.5 Å². The van der Waals surface area contributed by atoms with E-state index in [4.69, 9.17) is 4.42 Å². The van der Waals surface area contributed by atoms with Crippen molar-refractivity contribution < 1.29 is 18.8 Å². The van der Waals surface area contributed by atoms with Gasteiger partial charge in [0.2, 0.25) is 5.91 Å². The Kier molecular flexibility index (Phi) is 6.16. The molecular formula is C23H27N3O4. The standard InChI is InChI=1S/C23H27N3O4/c27-21(20-7-3-16-30-20)24-19-10-8-18(9-11-19)23(29)26-13-4-12-25(14-15-26)22(28)17-5-1-2-6-17/h3,7-11,16-17H,1-2,4-6,12-15H2,(H,24,27). The number of rotatable bonds is 4. The summed E-state index contributed by atoms with van der Waals surface area (Å²) in [7, 11) is 0. The molecule has 7 nitrogen and oxygen atoms in total. The zero-order chi connectivity index (χ0) is 20.9. The summed E-state index contributed by atoms with van der Waals surface area (Å²) in [6, 6.07) is 10.1. The van der Waals surface area contributed by atoms with Crippen molar-refractivity contribution in [1.82, 2.24) is 9.80 Å². The Morgan fingerprint density at radius 3 is 2.27 bits per heavy atom. The van der Waals surface area contributed by atoms with Gasteiger partial charge in [-0.25, -0.2) is 0 Å². The molecule has 1 saturated heterocycles. The molecule has 2 heterocycles. The summed E-state index contributed by atoms with van der Waals surface area (Å²) >= 11 is 0. The van der Waals surface area contributed by atoms with Gasteiger partial charge in [0, 0.05) is 43.3 Å². The molecule has 0 bridgehead atoms. The van der Waals surface area contributed by atoms with Crippen LogP contribution in [0.3, 0.4) is 0 Å². The summed E-state index contributed by atoms with van der Waals surface area (Å²) < 4.78 is 5.08. The molecule has 30 heavy (non-hydrogen) atoms. The van der Waals surface area contributed by atoms with Crippen molar-refractivity contribution in [3.8, 4) is 0 Å². The van der Waals surface area contributed by atoms with Crippen molar-refractivity contribution in [2.75, 3.05) is 31.5 Å². The predicted molar refractivity (Wildman–Crippen MR) is 112 cm³/mol. The van der Waals surface area contributed by atoms with E-state index in [1.807, 2.05) is 9.80 Å². The minimum atomic E-state index is -0.335. The first-order valence-corrected chi connectivity index (χ1v) is 10.6. The van der Waals surface area contributed by atoms with Crippen molar-refractivity contribution in [3.05, 3.63) is 54.0 Å². The number of benzene rings is 1. The second-order valence-corrected chi connectivity index (χ2v) is 7.96. The van der Waals surface area contributed by atoms with Crippen LogP contribution in [-0.2, 0) is 4.79 Å². The monoisotopic (exact) mass is 409 g/mol. The van der Waals surface area contributed by atoms with Gasteiger partial charge >= 0.3 is 0 Å². The lowest BCUT2D eigenvalue weighted by Gasteiger charge is -2.24. The second kappa shape index (κ2) is 9.15. The normalized spacial score (nSPS) is 17.6. The fraction of sp³-hybridized carbons (Fsp3) is 0.435. The molecule has 4 rings (SSSR count). The molecule has 2 fully saturated rings. The Bertz CT molecular complexity index is 886. The highest BCUT2D eigenvalue weighted by Gasteiger charge is 2.29. The Hall–Kier alpha value is -3.09. The summed E-state index contributed by atoms with van der Waals surface area (Å²) in [6.45, 7) is 2.51. The van der Waals surface area contributed by atoms with Gasteiger partial charge in [-0.3, -0.25) is 14.4 Å². The molecule has 1 N–H and O–H groups in total. The second-order valence-electron chi connectivity index (χ2n) is 7.96. The molecular weight excluding hydrogens is 382 g/mol. The largest absolute Gasteiger partial charge is 0.459 e. The maximum atomic E-state index is 12.9. The van der Waals surface area contributed by atoms with Gasteiger partial charge in [0.15, 0.2) is 5.76 Å². The number of furan rings is 1. The SMILES string of the molecule is O=C(Nc1ccc(C(=O)N2CCCN(C(=O)C3CCCC3)CC2)cc1)c1ccco1. The van der Waals surface area contributed by atoms with Gasteiger partial charge in [-0.15, -0.1) is 0 Å². The topological polar surface area (TPSA) is 82.9 Å². The number of carbonyl (C=O) groups excluding carboxylic acids is 3. The number of anilines is 1. The molecule has 0 unspecified atom stereocenters. The Morgan fingerprint density at radius 2 is 1.57 bits per heavy atom. The van der Waals surface area contributed by atoms with Crippen LogP contribution < -0.4 is 5.32 Å². The first-order chi connectivity index (χ1) is 14.6. The fourth-order valence-electron chi connectivity index (χ4n) is 4.25. The smallest absolute Gasteiger partial charge is 0.291 e. The molecule has 0 atom stereocenters. The van der Waals surface area contributed by atoms with E-state index in [9.17, 15) is 14.4 Å². The first-order valence-electron chi connectivity index (χ1n) is 10.6. The van der Waals surface area contributed by atoms with Crippen LogP contribution in [-0.4, -0.2) is 53.7 Å². The van der Waals surface area contributed by atoms with Gasteiger partial charge in [0.1, 0.15) is 0 Å². The lowest BCUT2D eigenvalue weighted by Crippen LogP contribution is -2.39. The van der Waals surface area contributed by atoms with E-state index >= 15 is 0 Å². The van der Waals surface area contributed by atoms with Crippen LogP contribution in [0.4, 0.5) is 5.69 Å². The minimum absolute atomic E-state index is 0.0472. The van der Waals surface area contributed by atoms with Crippen LogP contribution in [0.15, 0.2) is 47.1 Å². The third-order valence-electron chi connectivity index (χ3n) is 5.93. The molecule has 1 aliphatic carbocycles. The van der Waals surface area contributed by atoms with E-state index in [0.717, 1.165) is 38.6 Å². The molecule has 1 aromatic carbocycles. The maximum absolute atomic E-state index is 12.9. The molecule has 2 aliphatic rings. The van der Waals surface area contributed by atoms with E-state index in [1.165, 1.54) is 6.26 Å². The Labute approximate surface area is 176 Å². The third kappa shape index (κ3) is 4.56. The quantitative estimate of drug-likeness (QED) is 0.839. The molecule has 158 valence electrons. The van der Waals surface area contributed by atoms with Crippen molar-refractivity contribution in [3.63, 3.8) is 0 Å². The zero-order valence-electron chi connectivity index (χ0n) is 17.0. The van der Waals surface area contributed by atoms with Gasteiger partial charge in [-0.1, -0.05) is 12.8 Å². The number of nitrogens with one attached hydrogen (secondary N) is 1. The van der Waals surface area contributed by atoms with Crippen LogP contribution in [0.25, 0.3) is 0 Å². The number of amides is 3. The van der Waals surface area contributed by atoms with Crippen LogP contribution in [0.5, 0.6) is 0 Å². The molecule has 1 aliphatic heterocycles. The zero-order valence-corrected chi connectivity index (χ0v) is 17.0. The summed E-state index contributed by atoms with van der Waals surface area (Å²) in [6.07, 6.45) is 6.53. The van der Waals surface area contributed by atoms with Crippen molar-refractivity contribution in [2.24, 2.45) is 5.92 Å². The van der Waals surface area contributed by atoms with Gasteiger partial charge in [0.25, 0.3) is 11.8 Å². The lowest BCUT2D eigenvalue weighted by molar-refractivity contribution is -0.135. The van der Waals surface area contributed by atoms with Crippen LogP contribution in [0.1, 0.15) is 53.0 Å². The van der Waals surface area contributed by atoms with Gasteiger partial charge in [-0.2, -0.15) is 0 Å². The van der Waals surface area contributed by atoms with E-state index in [1.54, 1.807) is 36.4 Å². The highest BCUT2D eigenvalue weighted by atomic mass is 16.3. The van der Waals surface area contributed by atoms with Crippen LogP contribution in [0.2, 0.25) is 0 Å². The molecule has 0 radical (unpaired) electrons. The average molecular weight is 409 g/mol. The molecule has 1 saturated carbocycles. The Balaban J connectivity index is 1.33. The summed E-state index contributed by atoms with van der Waals surface area (Å²) in [5, 5.41) is 2.74. The average Bonchev–Trinajstić information content (AvgIpc) is 3.44. The van der Waals surface area contributed by atoms with E-state index in [0.29, 0.717) is 30.9 Å². The molecule has 7 heteroatoms. The van der Waals surface area contributed by atoms with E-state index < -0.39 is 0 Å². The Morgan fingerprint density at radius 1 is 0.867 bits per heavy atom. The third-order valence-corrected chi connectivity index (χ3v) is 5.93. The van der Waals surface area contributed by atoms with E-state index in [-0.39, 0.29) is 29.4 Å². The van der Waals surface area contributed by atoms with Crippen LogP contribution >= 0.6 is 0 Å². The summed E-state index contributed by atoms with van der Waals surface area (Å²) in [5.41, 5.74) is 1.17. The van der Waals surface area contributed by atoms with Gasteiger partial charge in [0.05, 0.1) is 6.26 Å². The molecule has 1 aromatic heterocycles. The molecule has 2 aromatic rings. The predicted octanol–water partition coefficient (Wildman–Crippen LogP) is 3.40. The van der Waals surface area contributed by atoms with E-state index in [2.05, 4.69) is 5.32 Å². The lowest BCUT2D eigenvalue weighted by atomic mass is 10.1. The minimum Gasteiger partial charge on any atom is -0.459 e. The maximum Gasteiger partial charge on any atom is 0.291 e. The van der Waals surface area contributed by atoms with Crippen molar-refractivity contribution in [1.29, 1.82) is 0 Å². The summed E-state index contributed by atoms with van der Waals surface area (Å²) in [4.78, 5) is 41.4. The first kappa shape index (κ1) is 20.2. The number of hydrogen-bond donors (Lipinski definition) is 1. The van der Waals surface area contributed by atoms with Crippen LogP contribution in [0, 0.1) is 5.92 Å². The number of hydrogen-bond acceptors (Lipinski definition) is 4. The number of nitrogens with zero attached hydrogens (tertiary/aromatic N) is 2. The van der Waals surface area contributed by atoms with Crippen molar-refractivity contribution >= 4 is 23.4 Å². The molecule has 0 spiro atoms. The van der Waals surface area contributed by atoms with Crippen molar-refractivity contribution in [2.45, 2.75) is 32.1 Å². The highest BCUT2D eigenvalue weighted by Crippen LogP contribution is 2.27. The fourth-order valence-corrected chi connectivity index (χ4v) is 4.25. The highest BCUT2D eigenvalue weighted by molar-refractivity contribution is 6.02. The van der Waals surface area contributed by atoms with Gasteiger partial charge in [-0.05, 0) is 55.7 Å².